The van der Waals surface area contributed by atoms with Gasteiger partial charge in [0.2, 0.25) is 0 Å². The molecule has 4 heteroatoms. The second-order valence-corrected chi connectivity index (χ2v) is 5.27. The molecule has 1 aromatic rings. The second-order valence-electron chi connectivity index (χ2n) is 4.41. The van der Waals surface area contributed by atoms with Crippen molar-refractivity contribution in [3.8, 4) is 0 Å². The van der Waals surface area contributed by atoms with Crippen molar-refractivity contribution in [1.82, 2.24) is 4.98 Å². The third-order valence-electron chi connectivity index (χ3n) is 3.49. The maximum absolute atomic E-state index is 5.82. The van der Waals surface area contributed by atoms with Crippen LogP contribution in [0.5, 0.6) is 0 Å². The molecule has 1 aliphatic rings. The quantitative estimate of drug-likeness (QED) is 0.926. The molecule has 16 heavy (non-hydrogen) atoms. The molecule has 2 unspecified atom stereocenters. The molecular formula is C12H18BrN3. The molecule has 0 aliphatic heterocycles. The van der Waals surface area contributed by atoms with Gasteiger partial charge in [-0.25, -0.2) is 4.98 Å². The number of nitrogens with zero attached hydrogens (tertiary/aromatic N) is 2. The zero-order valence-corrected chi connectivity index (χ0v) is 11.2. The number of hydrogen-bond acceptors (Lipinski definition) is 3. The van der Waals surface area contributed by atoms with E-state index in [1.165, 1.54) is 19.3 Å². The fraction of sp³-hybridized carbons (Fsp3) is 0.583. The lowest BCUT2D eigenvalue weighted by molar-refractivity contribution is 0.472. The van der Waals surface area contributed by atoms with Crippen LogP contribution >= 0.6 is 15.9 Å². The van der Waals surface area contributed by atoms with E-state index in [-0.39, 0.29) is 0 Å². The standard InChI is InChI=1S/C12H18BrN3/c1-16(11-6-2-4-9(11)8-14)12-10(13)5-3-7-15-12/h3,5,7,9,11H,2,4,6,8,14H2,1H3. The summed E-state index contributed by atoms with van der Waals surface area (Å²) in [5.41, 5.74) is 5.82. The maximum atomic E-state index is 5.82. The molecule has 2 rings (SSSR count). The van der Waals surface area contributed by atoms with Crippen molar-refractivity contribution < 1.29 is 0 Å². The lowest BCUT2D eigenvalue weighted by Crippen LogP contribution is -2.38. The van der Waals surface area contributed by atoms with Crippen molar-refractivity contribution in [2.75, 3.05) is 18.5 Å². The average Bonchev–Trinajstić information content (AvgIpc) is 2.77. The van der Waals surface area contributed by atoms with Gasteiger partial charge in [0, 0.05) is 19.3 Å². The van der Waals surface area contributed by atoms with Gasteiger partial charge < -0.3 is 10.6 Å². The molecule has 1 aliphatic carbocycles. The van der Waals surface area contributed by atoms with E-state index in [1.807, 2.05) is 18.3 Å². The predicted molar refractivity (Wildman–Crippen MR) is 70.5 cm³/mol. The smallest absolute Gasteiger partial charge is 0.142 e. The molecule has 1 saturated carbocycles. The molecule has 3 nitrogen and oxygen atoms in total. The summed E-state index contributed by atoms with van der Waals surface area (Å²) < 4.78 is 1.06. The van der Waals surface area contributed by atoms with Crippen LogP contribution < -0.4 is 10.6 Å². The molecule has 0 amide bonds. The molecule has 0 spiro atoms. The Kier molecular flexibility index (Phi) is 3.82. The van der Waals surface area contributed by atoms with Gasteiger partial charge in [0.05, 0.1) is 4.47 Å². The first-order chi connectivity index (χ1) is 7.74. The van der Waals surface area contributed by atoms with Gasteiger partial charge in [0.1, 0.15) is 5.82 Å². The van der Waals surface area contributed by atoms with Crippen molar-refractivity contribution in [3.05, 3.63) is 22.8 Å². The summed E-state index contributed by atoms with van der Waals surface area (Å²) in [5.74, 6) is 1.63. The third kappa shape index (κ3) is 2.23. The highest BCUT2D eigenvalue weighted by Gasteiger charge is 2.30. The van der Waals surface area contributed by atoms with Crippen LogP contribution in [0.15, 0.2) is 22.8 Å². The van der Waals surface area contributed by atoms with Crippen LogP contribution in [-0.4, -0.2) is 24.6 Å². The van der Waals surface area contributed by atoms with Crippen molar-refractivity contribution in [1.29, 1.82) is 0 Å². The number of nitrogens with two attached hydrogens (primary N) is 1. The summed E-state index contributed by atoms with van der Waals surface area (Å²) in [6.45, 7) is 0.777. The molecule has 0 saturated heterocycles. The minimum atomic E-state index is 0.538. The Hall–Kier alpha value is -0.610. The largest absolute Gasteiger partial charge is 0.355 e. The summed E-state index contributed by atoms with van der Waals surface area (Å²) in [5, 5.41) is 0. The van der Waals surface area contributed by atoms with Crippen LogP contribution in [0.4, 0.5) is 5.82 Å². The van der Waals surface area contributed by atoms with Gasteiger partial charge in [-0.2, -0.15) is 0 Å². The number of hydrogen-bond donors (Lipinski definition) is 1. The highest BCUT2D eigenvalue weighted by molar-refractivity contribution is 9.10. The molecule has 1 fully saturated rings. The SMILES string of the molecule is CN(c1ncccc1Br)C1CCCC1CN. The van der Waals surface area contributed by atoms with Crippen molar-refractivity contribution in [2.24, 2.45) is 11.7 Å². The minimum absolute atomic E-state index is 0.538. The molecule has 0 radical (unpaired) electrons. The molecule has 1 heterocycles. The molecule has 0 aromatic carbocycles. The predicted octanol–water partition coefficient (Wildman–Crippen LogP) is 2.41. The Balaban J connectivity index is 2.18. The van der Waals surface area contributed by atoms with Gasteiger partial charge in [0.15, 0.2) is 0 Å². The first kappa shape index (κ1) is 11.9. The number of pyridine rings is 1. The Bertz CT molecular complexity index is 356. The Morgan fingerprint density at radius 3 is 3.06 bits per heavy atom. The summed E-state index contributed by atoms with van der Waals surface area (Å²) in [6, 6.07) is 4.51. The van der Waals surface area contributed by atoms with E-state index >= 15 is 0 Å². The molecule has 2 N–H and O–H groups in total. The van der Waals surface area contributed by atoms with Gasteiger partial charge >= 0.3 is 0 Å². The van der Waals surface area contributed by atoms with Crippen LogP contribution in [0.2, 0.25) is 0 Å². The second kappa shape index (κ2) is 5.15. The van der Waals surface area contributed by atoms with Gasteiger partial charge in [-0.05, 0) is 53.4 Å². The zero-order chi connectivity index (χ0) is 11.5. The van der Waals surface area contributed by atoms with Crippen molar-refractivity contribution >= 4 is 21.7 Å². The summed E-state index contributed by atoms with van der Waals surface area (Å²) in [6.07, 6.45) is 5.58. The van der Waals surface area contributed by atoms with Crippen LogP contribution in [-0.2, 0) is 0 Å². The summed E-state index contributed by atoms with van der Waals surface area (Å²) in [4.78, 5) is 6.70. The van der Waals surface area contributed by atoms with Crippen molar-refractivity contribution in [2.45, 2.75) is 25.3 Å². The first-order valence-corrected chi connectivity index (χ1v) is 6.56. The minimum Gasteiger partial charge on any atom is -0.355 e. The lowest BCUT2D eigenvalue weighted by Gasteiger charge is -2.30. The molecule has 88 valence electrons. The Labute approximate surface area is 105 Å². The van der Waals surface area contributed by atoms with Gasteiger partial charge in [0.25, 0.3) is 0 Å². The van der Waals surface area contributed by atoms with E-state index in [9.17, 15) is 0 Å². The molecule has 0 bridgehead atoms. The van der Waals surface area contributed by atoms with E-state index < -0.39 is 0 Å². The van der Waals surface area contributed by atoms with Gasteiger partial charge in [-0.15, -0.1) is 0 Å². The van der Waals surface area contributed by atoms with Crippen LogP contribution in [0.3, 0.4) is 0 Å². The van der Waals surface area contributed by atoms with E-state index in [1.54, 1.807) is 0 Å². The van der Waals surface area contributed by atoms with Gasteiger partial charge in [-0.1, -0.05) is 6.42 Å². The van der Waals surface area contributed by atoms with Crippen LogP contribution in [0.25, 0.3) is 0 Å². The topological polar surface area (TPSA) is 42.2 Å². The highest BCUT2D eigenvalue weighted by Crippen LogP contribution is 2.33. The third-order valence-corrected chi connectivity index (χ3v) is 4.11. The van der Waals surface area contributed by atoms with Crippen LogP contribution in [0, 0.1) is 5.92 Å². The Morgan fingerprint density at radius 2 is 2.38 bits per heavy atom. The van der Waals surface area contributed by atoms with Gasteiger partial charge in [-0.3, -0.25) is 0 Å². The van der Waals surface area contributed by atoms with E-state index in [2.05, 4.69) is 32.9 Å². The lowest BCUT2D eigenvalue weighted by atomic mass is 10.0. The summed E-state index contributed by atoms with van der Waals surface area (Å²) in [7, 11) is 2.12. The highest BCUT2D eigenvalue weighted by atomic mass is 79.9. The van der Waals surface area contributed by atoms with E-state index in [4.69, 9.17) is 5.73 Å². The molecule has 1 aromatic heterocycles. The van der Waals surface area contributed by atoms with Crippen LogP contribution in [0.1, 0.15) is 19.3 Å². The Morgan fingerprint density at radius 1 is 1.56 bits per heavy atom. The number of anilines is 1. The average molecular weight is 284 g/mol. The number of aromatic nitrogens is 1. The molecular weight excluding hydrogens is 266 g/mol. The van der Waals surface area contributed by atoms with Crippen molar-refractivity contribution in [3.63, 3.8) is 0 Å². The maximum Gasteiger partial charge on any atom is 0.142 e. The summed E-state index contributed by atoms with van der Waals surface area (Å²) >= 11 is 3.55. The number of rotatable bonds is 3. The van der Waals surface area contributed by atoms with E-state index in [0.29, 0.717) is 12.0 Å². The molecule has 2 atom stereocenters. The normalized spacial score (nSPS) is 24.7. The monoisotopic (exact) mass is 283 g/mol. The number of halogens is 1. The zero-order valence-electron chi connectivity index (χ0n) is 9.56. The fourth-order valence-electron chi connectivity index (χ4n) is 2.60. The fourth-order valence-corrected chi connectivity index (χ4v) is 3.13. The first-order valence-electron chi connectivity index (χ1n) is 5.77. The van der Waals surface area contributed by atoms with E-state index in [0.717, 1.165) is 16.8 Å².